The molecular formula is C38H35F2N5O7S. The molecule has 3 aromatic carbocycles. The first kappa shape index (κ1) is 35.6. The number of halogens is 2. The van der Waals surface area contributed by atoms with Crippen LogP contribution in [0.3, 0.4) is 0 Å². The third kappa shape index (κ3) is 6.35. The van der Waals surface area contributed by atoms with Crippen molar-refractivity contribution in [3.63, 3.8) is 0 Å². The number of carbonyl (C=O) groups excluding carboxylic acids is 2. The Morgan fingerprint density at radius 2 is 1.81 bits per heavy atom. The largest absolute Gasteiger partial charge is 0.466 e. The summed E-state index contributed by atoms with van der Waals surface area (Å²) in [7, 11) is -0.965. The van der Waals surface area contributed by atoms with E-state index >= 15 is 4.39 Å². The third-order valence-corrected chi connectivity index (χ3v) is 10.4. The standard InChI is InChI=1S/C38H35F2N5O7S/c1-6-50-38(47)20(2)42-19-33-45-28-9-7-8-26(40)23(28)17-30(45)35-31(51-33)15-14-27(43-35)24-16-25-32(18-29(24)44(4)53(5,48)49)52-36(34(25)37(46)41-3)21-10-12-22(39)13-11-21/h7-18,20,33,42H,6,19H2,1-5H3,(H,41,46). The first-order valence-corrected chi connectivity index (χ1v) is 18.6. The molecule has 53 heavy (non-hydrogen) atoms. The van der Waals surface area contributed by atoms with E-state index in [1.165, 1.54) is 50.5 Å². The number of nitrogens with zero attached hydrogens (tertiary/aromatic N) is 3. The lowest BCUT2D eigenvalue weighted by molar-refractivity contribution is -0.145. The summed E-state index contributed by atoms with van der Waals surface area (Å²) in [6.45, 7) is 3.79. The molecule has 0 spiro atoms. The summed E-state index contributed by atoms with van der Waals surface area (Å²) in [6, 6.07) is 17.7. The lowest BCUT2D eigenvalue weighted by Crippen LogP contribution is -2.41. The predicted octanol–water partition coefficient (Wildman–Crippen LogP) is 6.25. The fourth-order valence-electron chi connectivity index (χ4n) is 6.47. The minimum Gasteiger partial charge on any atom is -0.466 e. The van der Waals surface area contributed by atoms with Gasteiger partial charge in [-0.2, -0.15) is 0 Å². The number of rotatable bonds is 10. The van der Waals surface area contributed by atoms with Crippen LogP contribution in [0.2, 0.25) is 0 Å². The fourth-order valence-corrected chi connectivity index (χ4v) is 6.98. The number of hydrogen-bond donors (Lipinski definition) is 2. The maximum absolute atomic E-state index is 15.2. The second-order valence-electron chi connectivity index (χ2n) is 12.6. The number of ether oxygens (including phenoxy) is 2. The lowest BCUT2D eigenvalue weighted by atomic mass is 10.0. The minimum atomic E-state index is -3.82. The number of amides is 1. The quantitative estimate of drug-likeness (QED) is 0.156. The summed E-state index contributed by atoms with van der Waals surface area (Å²) >= 11 is 0. The number of hydrogen-bond acceptors (Lipinski definition) is 9. The lowest BCUT2D eigenvalue weighted by Gasteiger charge is -2.30. The smallest absolute Gasteiger partial charge is 0.322 e. The molecule has 2 atom stereocenters. The van der Waals surface area contributed by atoms with E-state index in [0.29, 0.717) is 50.2 Å². The van der Waals surface area contributed by atoms with E-state index in [0.717, 1.165) is 10.6 Å². The van der Waals surface area contributed by atoms with Crippen LogP contribution in [0.5, 0.6) is 5.75 Å². The van der Waals surface area contributed by atoms with Gasteiger partial charge in [-0.1, -0.05) is 6.07 Å². The summed E-state index contributed by atoms with van der Waals surface area (Å²) < 4.78 is 75.6. The maximum atomic E-state index is 15.2. The Kier molecular flexibility index (Phi) is 9.16. The minimum absolute atomic E-state index is 0.160. The molecule has 0 aliphatic carbocycles. The molecule has 3 aromatic heterocycles. The van der Waals surface area contributed by atoms with E-state index in [-0.39, 0.29) is 35.7 Å². The number of nitrogens with one attached hydrogen (secondary N) is 2. The van der Waals surface area contributed by atoms with Crippen LogP contribution in [0.15, 0.2) is 77.2 Å². The number of anilines is 1. The first-order valence-electron chi connectivity index (χ1n) is 16.7. The van der Waals surface area contributed by atoms with E-state index in [2.05, 4.69) is 10.6 Å². The van der Waals surface area contributed by atoms with E-state index in [9.17, 15) is 22.4 Å². The Morgan fingerprint density at radius 1 is 1.06 bits per heavy atom. The van der Waals surface area contributed by atoms with Gasteiger partial charge < -0.3 is 23.8 Å². The number of fused-ring (bicyclic) bond motifs is 6. The normalized spacial score (nSPS) is 14.4. The zero-order valence-corrected chi connectivity index (χ0v) is 30.2. The van der Waals surface area contributed by atoms with Gasteiger partial charge in [0.15, 0.2) is 6.23 Å². The van der Waals surface area contributed by atoms with Gasteiger partial charge in [0.2, 0.25) is 10.0 Å². The molecule has 1 aliphatic rings. The Morgan fingerprint density at radius 3 is 2.51 bits per heavy atom. The zero-order chi connectivity index (χ0) is 37.8. The molecule has 2 N–H and O–H groups in total. The average molecular weight is 744 g/mol. The van der Waals surface area contributed by atoms with Crippen LogP contribution in [0.25, 0.3) is 55.8 Å². The van der Waals surface area contributed by atoms with E-state index in [1.807, 2.05) is 0 Å². The highest BCUT2D eigenvalue weighted by Gasteiger charge is 2.32. The SMILES string of the molecule is CCOC(=O)C(C)NCC1Oc2ccc(-c3cc4c(C(=O)NC)c(-c5ccc(F)cc5)oc4cc3N(C)S(C)(=O)=O)nc2-c2cc3c(F)cccc3n21. The Bertz CT molecular complexity index is 2530. The van der Waals surface area contributed by atoms with Crippen molar-refractivity contribution in [2.75, 3.05) is 37.8 Å². The molecule has 274 valence electrons. The molecule has 12 nitrogen and oxygen atoms in total. The van der Waals surface area contributed by atoms with Gasteiger partial charge in [-0.15, -0.1) is 0 Å². The van der Waals surface area contributed by atoms with Gasteiger partial charge in [-0.05, 0) is 74.5 Å². The zero-order valence-electron chi connectivity index (χ0n) is 29.4. The number of carbonyl (C=O) groups is 2. The molecule has 0 saturated heterocycles. The number of esters is 1. The first-order chi connectivity index (χ1) is 25.3. The summed E-state index contributed by atoms with van der Waals surface area (Å²) in [4.78, 5) is 30.7. The Labute approximate surface area is 303 Å². The maximum Gasteiger partial charge on any atom is 0.322 e. The van der Waals surface area contributed by atoms with Crippen LogP contribution < -0.4 is 19.7 Å². The highest BCUT2D eigenvalue weighted by Crippen LogP contribution is 2.45. The monoisotopic (exact) mass is 743 g/mol. The molecular weight excluding hydrogens is 709 g/mol. The van der Waals surface area contributed by atoms with Gasteiger partial charge in [0.25, 0.3) is 5.91 Å². The molecule has 4 heterocycles. The molecule has 7 rings (SSSR count). The van der Waals surface area contributed by atoms with Crippen LogP contribution in [0.4, 0.5) is 14.5 Å². The molecule has 15 heteroatoms. The average Bonchev–Trinajstić information content (AvgIpc) is 3.72. The molecule has 1 amide bonds. The van der Waals surface area contributed by atoms with Gasteiger partial charge in [-0.3, -0.25) is 19.2 Å². The van der Waals surface area contributed by atoms with Crippen molar-refractivity contribution in [3.8, 4) is 39.7 Å². The fraction of sp³-hybridized carbons (Fsp3) is 0.237. The van der Waals surface area contributed by atoms with Crippen LogP contribution >= 0.6 is 0 Å². The molecule has 0 bridgehead atoms. The molecule has 0 saturated carbocycles. The summed E-state index contributed by atoms with van der Waals surface area (Å²) in [6.07, 6.45) is 0.344. The molecule has 1 aliphatic heterocycles. The second kappa shape index (κ2) is 13.6. The van der Waals surface area contributed by atoms with Crippen molar-refractivity contribution in [1.82, 2.24) is 20.2 Å². The van der Waals surface area contributed by atoms with Crippen LogP contribution in [-0.2, 0) is 19.6 Å². The van der Waals surface area contributed by atoms with Crippen molar-refractivity contribution in [1.29, 1.82) is 0 Å². The Hall–Kier alpha value is -5.80. The summed E-state index contributed by atoms with van der Waals surface area (Å²) in [5.74, 6) is -1.29. The molecule has 6 aromatic rings. The predicted molar refractivity (Wildman–Crippen MR) is 196 cm³/mol. The molecule has 0 radical (unpaired) electrons. The Balaban J connectivity index is 1.41. The topological polar surface area (TPSA) is 145 Å². The third-order valence-electron chi connectivity index (χ3n) is 9.20. The van der Waals surface area contributed by atoms with Crippen molar-refractivity contribution in [2.45, 2.75) is 26.1 Å². The second-order valence-corrected chi connectivity index (χ2v) is 14.6. The van der Waals surface area contributed by atoms with Crippen molar-refractivity contribution in [2.24, 2.45) is 0 Å². The highest BCUT2D eigenvalue weighted by molar-refractivity contribution is 7.92. The van der Waals surface area contributed by atoms with E-state index in [1.54, 1.807) is 54.8 Å². The van der Waals surface area contributed by atoms with Gasteiger partial charge in [0.05, 0.1) is 47.6 Å². The summed E-state index contributed by atoms with van der Waals surface area (Å²) in [5, 5.41) is 6.46. The van der Waals surface area contributed by atoms with Gasteiger partial charge in [0, 0.05) is 42.1 Å². The number of aromatic nitrogens is 2. The number of benzene rings is 3. The van der Waals surface area contributed by atoms with E-state index < -0.39 is 45.8 Å². The van der Waals surface area contributed by atoms with Crippen molar-refractivity contribution < 1.29 is 40.7 Å². The number of furan rings is 1. The van der Waals surface area contributed by atoms with Crippen molar-refractivity contribution in [3.05, 3.63) is 90.0 Å². The summed E-state index contributed by atoms with van der Waals surface area (Å²) in [5.41, 5.74) is 3.08. The van der Waals surface area contributed by atoms with Crippen LogP contribution in [0.1, 0.15) is 30.4 Å². The highest BCUT2D eigenvalue weighted by atomic mass is 32.2. The van der Waals surface area contributed by atoms with Crippen molar-refractivity contribution >= 4 is 49.5 Å². The van der Waals surface area contributed by atoms with Gasteiger partial charge in [0.1, 0.15) is 40.5 Å². The number of pyridine rings is 1. The molecule has 2 unspecified atom stereocenters. The van der Waals surface area contributed by atoms with Gasteiger partial charge in [-0.25, -0.2) is 22.2 Å². The van der Waals surface area contributed by atoms with E-state index in [4.69, 9.17) is 18.9 Å². The van der Waals surface area contributed by atoms with Crippen LogP contribution in [-0.4, -0.2) is 69.4 Å². The van der Waals surface area contributed by atoms with Gasteiger partial charge >= 0.3 is 5.97 Å². The van der Waals surface area contributed by atoms with Crippen LogP contribution in [0, 0.1) is 11.6 Å². The molecule has 0 fully saturated rings. The number of sulfonamides is 1.